The predicted molar refractivity (Wildman–Crippen MR) is 75.7 cm³/mol. The number of alkyl halides is 2. The topological polar surface area (TPSA) is 66.9 Å². The molecular weight excluding hydrogens is 306 g/mol. The highest BCUT2D eigenvalue weighted by Gasteiger charge is 2.15. The van der Waals surface area contributed by atoms with Crippen LogP contribution in [0.1, 0.15) is 9.80 Å². The van der Waals surface area contributed by atoms with Crippen molar-refractivity contribution in [3.8, 4) is 0 Å². The molecule has 0 unspecified atom stereocenters. The average molecular weight is 316 g/mol. The van der Waals surface area contributed by atoms with Crippen molar-refractivity contribution in [1.29, 1.82) is 0 Å². The lowest BCUT2D eigenvalue weighted by atomic mass is 10.3. The number of carbonyl (C=O) groups is 1. The summed E-state index contributed by atoms with van der Waals surface area (Å²) in [5.41, 5.74) is 0.323. The van der Waals surface area contributed by atoms with Gasteiger partial charge in [0.1, 0.15) is 0 Å². The van der Waals surface area contributed by atoms with Crippen LogP contribution in [0, 0.1) is 0 Å². The monoisotopic (exact) mass is 316 g/mol. The van der Waals surface area contributed by atoms with E-state index in [-0.39, 0.29) is 5.01 Å². The van der Waals surface area contributed by atoms with Gasteiger partial charge in [-0.2, -0.15) is 8.78 Å². The van der Waals surface area contributed by atoms with Gasteiger partial charge < -0.3 is 10.6 Å². The highest BCUT2D eigenvalue weighted by molar-refractivity contribution is 7.99. The number of hydrogen-bond acceptors (Lipinski definition) is 6. The maximum Gasteiger partial charge on any atom is 0.288 e. The van der Waals surface area contributed by atoms with Crippen LogP contribution in [-0.2, 0) is 0 Å². The van der Waals surface area contributed by atoms with Crippen molar-refractivity contribution < 1.29 is 13.6 Å². The number of nitrogens with one attached hydrogen (secondary N) is 2. The molecule has 1 aromatic heterocycles. The summed E-state index contributed by atoms with van der Waals surface area (Å²) in [6, 6.07) is 6.36. The molecule has 0 fully saturated rings. The molecule has 0 atom stereocenters. The van der Waals surface area contributed by atoms with Gasteiger partial charge in [0.15, 0.2) is 0 Å². The number of halogens is 2. The molecule has 5 nitrogen and oxygen atoms in total. The van der Waals surface area contributed by atoms with Crippen LogP contribution in [0.3, 0.4) is 0 Å². The van der Waals surface area contributed by atoms with Crippen molar-refractivity contribution in [2.45, 2.75) is 10.7 Å². The molecule has 0 aliphatic rings. The van der Waals surface area contributed by atoms with Gasteiger partial charge in [0, 0.05) is 11.9 Å². The lowest BCUT2D eigenvalue weighted by Gasteiger charge is -2.08. The van der Waals surface area contributed by atoms with Crippen LogP contribution in [-0.4, -0.2) is 28.9 Å². The number of benzene rings is 1. The molecule has 0 spiro atoms. The van der Waals surface area contributed by atoms with Crippen LogP contribution in [0.4, 0.5) is 19.6 Å². The van der Waals surface area contributed by atoms with Crippen LogP contribution in [0.2, 0.25) is 0 Å². The van der Waals surface area contributed by atoms with E-state index in [0.717, 1.165) is 11.3 Å². The average Bonchev–Trinajstić information content (AvgIpc) is 2.89. The first-order valence-corrected chi connectivity index (χ1v) is 7.16. The maximum atomic E-state index is 12.4. The fourth-order valence-corrected chi connectivity index (χ4v) is 2.55. The Labute approximate surface area is 121 Å². The van der Waals surface area contributed by atoms with E-state index in [4.69, 9.17) is 0 Å². The maximum absolute atomic E-state index is 12.4. The Balaban J connectivity index is 2.15. The van der Waals surface area contributed by atoms with Gasteiger partial charge in [-0.25, -0.2) is 0 Å². The molecule has 20 heavy (non-hydrogen) atoms. The lowest BCUT2D eigenvalue weighted by molar-refractivity contribution is 0.102. The Morgan fingerprint density at radius 3 is 2.75 bits per heavy atom. The van der Waals surface area contributed by atoms with Crippen molar-refractivity contribution in [3.63, 3.8) is 0 Å². The second-order valence-corrected chi connectivity index (χ2v) is 5.50. The Bertz CT molecular complexity index is 606. The Hall–Kier alpha value is -1.74. The highest BCUT2D eigenvalue weighted by atomic mass is 32.2. The number of para-hydroxylation sites is 1. The van der Waals surface area contributed by atoms with E-state index in [0.29, 0.717) is 27.5 Å². The van der Waals surface area contributed by atoms with E-state index in [9.17, 15) is 13.6 Å². The lowest BCUT2D eigenvalue weighted by Crippen LogP contribution is -2.12. The van der Waals surface area contributed by atoms with Crippen LogP contribution < -0.4 is 10.6 Å². The van der Waals surface area contributed by atoms with Gasteiger partial charge in [0.05, 0.1) is 5.69 Å². The predicted octanol–water partition coefficient (Wildman–Crippen LogP) is 3.15. The second-order valence-electron chi connectivity index (χ2n) is 3.49. The van der Waals surface area contributed by atoms with Crippen LogP contribution in [0.15, 0.2) is 29.2 Å². The minimum Gasteiger partial charge on any atom is -0.363 e. The third-order valence-electron chi connectivity index (χ3n) is 2.18. The van der Waals surface area contributed by atoms with Gasteiger partial charge in [0.2, 0.25) is 10.1 Å². The van der Waals surface area contributed by atoms with Crippen molar-refractivity contribution in [2.24, 2.45) is 0 Å². The molecule has 106 valence electrons. The molecule has 0 radical (unpaired) electrons. The summed E-state index contributed by atoms with van der Waals surface area (Å²) in [4.78, 5) is 12.3. The Morgan fingerprint density at radius 2 is 2.10 bits per heavy atom. The van der Waals surface area contributed by atoms with Crippen LogP contribution >= 0.6 is 23.1 Å². The van der Waals surface area contributed by atoms with E-state index >= 15 is 0 Å². The van der Waals surface area contributed by atoms with Gasteiger partial charge in [-0.1, -0.05) is 35.2 Å². The molecule has 2 aromatic rings. The molecule has 9 heteroatoms. The molecule has 0 saturated carbocycles. The van der Waals surface area contributed by atoms with Gasteiger partial charge in [-0.15, -0.1) is 10.2 Å². The largest absolute Gasteiger partial charge is 0.363 e. The number of amides is 1. The summed E-state index contributed by atoms with van der Waals surface area (Å²) in [6.07, 6.45) is 0. The van der Waals surface area contributed by atoms with Gasteiger partial charge in [-0.05, 0) is 12.1 Å². The van der Waals surface area contributed by atoms with E-state index in [1.807, 2.05) is 0 Å². The van der Waals surface area contributed by atoms with Crippen LogP contribution in [0.25, 0.3) is 0 Å². The summed E-state index contributed by atoms with van der Waals surface area (Å²) in [5.74, 6) is -3.03. The quantitative estimate of drug-likeness (QED) is 0.830. The molecule has 0 saturated heterocycles. The van der Waals surface area contributed by atoms with Gasteiger partial charge >= 0.3 is 0 Å². The highest BCUT2D eigenvalue weighted by Crippen LogP contribution is 2.32. The molecule has 0 aliphatic heterocycles. The molecule has 0 bridgehead atoms. The van der Waals surface area contributed by atoms with Crippen molar-refractivity contribution in [2.75, 3.05) is 17.7 Å². The van der Waals surface area contributed by atoms with Gasteiger partial charge in [-0.3, -0.25) is 4.79 Å². The number of hydrogen-bond donors (Lipinski definition) is 2. The van der Waals surface area contributed by atoms with Crippen molar-refractivity contribution >= 4 is 39.8 Å². The molecular formula is C11H10F2N4OS2. The number of carbonyl (C=O) groups excluding carboxylic acids is 1. The summed E-state index contributed by atoms with van der Waals surface area (Å²) in [5, 5.41) is 13.4. The van der Waals surface area contributed by atoms with Crippen molar-refractivity contribution in [1.82, 2.24) is 10.2 Å². The van der Waals surface area contributed by atoms with Crippen molar-refractivity contribution in [3.05, 3.63) is 29.3 Å². The first kappa shape index (κ1) is 14.7. The molecule has 2 N–H and O–H groups in total. The van der Waals surface area contributed by atoms with Crippen LogP contribution in [0.5, 0.6) is 0 Å². The zero-order valence-electron chi connectivity index (χ0n) is 10.3. The molecule has 0 aliphatic carbocycles. The standard InChI is InChI=1S/C11H10F2N4OS2/c1-14-11-17-16-9(20-11)8(18)15-6-4-2-3-5-7(6)19-10(12)13/h2-5,10H,1H3,(H,14,17)(H,15,18). The SMILES string of the molecule is CNc1nnc(C(=O)Nc2ccccc2SC(F)F)s1. The summed E-state index contributed by atoms with van der Waals surface area (Å²) < 4.78 is 24.9. The number of thioether (sulfide) groups is 1. The molecule has 1 heterocycles. The van der Waals surface area contributed by atoms with Gasteiger partial charge in [0.25, 0.3) is 11.7 Å². The summed E-state index contributed by atoms with van der Waals surface area (Å²) >= 11 is 1.46. The zero-order valence-corrected chi connectivity index (χ0v) is 11.9. The Kier molecular flexibility index (Phi) is 4.85. The smallest absolute Gasteiger partial charge is 0.288 e. The third-order valence-corrected chi connectivity index (χ3v) is 3.91. The normalized spacial score (nSPS) is 10.6. The Morgan fingerprint density at radius 1 is 1.35 bits per heavy atom. The minimum atomic E-state index is -2.55. The van der Waals surface area contributed by atoms with E-state index in [2.05, 4.69) is 20.8 Å². The van der Waals surface area contributed by atoms with E-state index in [1.54, 1.807) is 25.2 Å². The summed E-state index contributed by atoms with van der Waals surface area (Å²) in [6.45, 7) is 0. The molecule has 1 aromatic carbocycles. The third kappa shape index (κ3) is 3.64. The zero-order chi connectivity index (χ0) is 14.5. The summed E-state index contributed by atoms with van der Waals surface area (Å²) in [7, 11) is 1.66. The molecule has 1 amide bonds. The second kappa shape index (κ2) is 6.62. The number of aromatic nitrogens is 2. The minimum absolute atomic E-state index is 0.159. The first-order valence-electron chi connectivity index (χ1n) is 5.46. The first-order chi connectivity index (χ1) is 9.60. The van der Waals surface area contributed by atoms with E-state index in [1.165, 1.54) is 6.07 Å². The number of anilines is 2. The van der Waals surface area contributed by atoms with E-state index < -0.39 is 11.7 Å². The number of nitrogens with zero attached hydrogens (tertiary/aromatic N) is 2. The fraction of sp³-hybridized carbons (Fsp3) is 0.182. The fourth-order valence-electron chi connectivity index (χ4n) is 1.36. The number of rotatable bonds is 5. The molecule has 2 rings (SSSR count).